The van der Waals surface area contributed by atoms with Crippen molar-refractivity contribution in [3.63, 3.8) is 0 Å². The van der Waals surface area contributed by atoms with Gasteiger partial charge in [0.05, 0.1) is 5.69 Å². The minimum absolute atomic E-state index is 0.120. The number of hydrogen-bond donors (Lipinski definition) is 1. The average molecular weight is 189 g/mol. The van der Waals surface area contributed by atoms with Gasteiger partial charge in [-0.3, -0.25) is 0 Å². The molecule has 1 aromatic rings. The Bertz CT molecular complexity index is 270. The fourth-order valence-electron chi connectivity index (χ4n) is 1.09. The smallest absolute Gasteiger partial charge is 0.322 e. The normalized spacial score (nSPS) is 14.1. The standard InChI is InChI=1S/C8H13F2N3/c1-5(2)7(11)6-3-4-12-13(6)8(9)10/h3-5,7-8H,11H2,1-2H3/t7-/m0/s1. The molecule has 0 saturated carbocycles. The zero-order valence-corrected chi connectivity index (χ0v) is 7.61. The quantitative estimate of drug-likeness (QED) is 0.789. The van der Waals surface area contributed by atoms with E-state index in [4.69, 9.17) is 5.73 Å². The van der Waals surface area contributed by atoms with Crippen molar-refractivity contribution in [3.05, 3.63) is 18.0 Å². The van der Waals surface area contributed by atoms with Crippen LogP contribution in [0.2, 0.25) is 0 Å². The highest BCUT2D eigenvalue weighted by atomic mass is 19.3. The van der Waals surface area contributed by atoms with Gasteiger partial charge in [0.2, 0.25) is 0 Å². The summed E-state index contributed by atoms with van der Waals surface area (Å²) in [6.45, 7) is 1.15. The van der Waals surface area contributed by atoms with E-state index in [-0.39, 0.29) is 5.92 Å². The Morgan fingerprint density at radius 1 is 1.46 bits per heavy atom. The Hall–Kier alpha value is -0.970. The number of halogens is 2. The van der Waals surface area contributed by atoms with E-state index in [2.05, 4.69) is 5.10 Å². The van der Waals surface area contributed by atoms with Gasteiger partial charge < -0.3 is 5.73 Å². The maximum atomic E-state index is 12.3. The lowest BCUT2D eigenvalue weighted by atomic mass is 10.0. The molecule has 0 aromatic carbocycles. The van der Waals surface area contributed by atoms with Gasteiger partial charge in [0.15, 0.2) is 0 Å². The maximum Gasteiger partial charge on any atom is 0.333 e. The molecular weight excluding hydrogens is 176 g/mol. The van der Waals surface area contributed by atoms with Crippen LogP contribution in [-0.4, -0.2) is 9.78 Å². The number of nitrogens with two attached hydrogens (primary N) is 1. The number of aromatic nitrogens is 2. The third kappa shape index (κ3) is 2.03. The molecule has 0 aliphatic rings. The molecule has 1 aromatic heterocycles. The Balaban J connectivity index is 2.93. The minimum atomic E-state index is -2.62. The second kappa shape index (κ2) is 3.83. The lowest BCUT2D eigenvalue weighted by Crippen LogP contribution is -2.21. The van der Waals surface area contributed by atoms with E-state index in [1.807, 2.05) is 13.8 Å². The summed E-state index contributed by atoms with van der Waals surface area (Å²) in [5, 5.41) is 3.51. The van der Waals surface area contributed by atoms with Crippen LogP contribution in [0.15, 0.2) is 12.3 Å². The minimum Gasteiger partial charge on any atom is -0.322 e. The van der Waals surface area contributed by atoms with Crippen molar-refractivity contribution in [1.82, 2.24) is 9.78 Å². The number of nitrogens with zero attached hydrogens (tertiary/aromatic N) is 2. The van der Waals surface area contributed by atoms with E-state index in [1.54, 1.807) is 0 Å². The van der Waals surface area contributed by atoms with E-state index >= 15 is 0 Å². The molecule has 0 spiro atoms. The van der Waals surface area contributed by atoms with Gasteiger partial charge in [-0.1, -0.05) is 13.8 Å². The van der Waals surface area contributed by atoms with Crippen LogP contribution < -0.4 is 5.73 Å². The first kappa shape index (κ1) is 10.1. The fourth-order valence-corrected chi connectivity index (χ4v) is 1.09. The molecule has 5 heteroatoms. The van der Waals surface area contributed by atoms with Crippen LogP contribution in [0.3, 0.4) is 0 Å². The first-order chi connectivity index (χ1) is 6.04. The van der Waals surface area contributed by atoms with Crippen molar-refractivity contribution in [1.29, 1.82) is 0 Å². The molecule has 74 valence electrons. The second-order valence-corrected chi connectivity index (χ2v) is 3.25. The third-order valence-corrected chi connectivity index (χ3v) is 1.95. The average Bonchev–Trinajstić information content (AvgIpc) is 2.50. The highest BCUT2D eigenvalue weighted by molar-refractivity contribution is 5.07. The molecular formula is C8H13F2N3. The summed E-state index contributed by atoms with van der Waals surface area (Å²) in [7, 11) is 0. The summed E-state index contributed by atoms with van der Waals surface area (Å²) in [6.07, 6.45) is 1.34. The number of hydrogen-bond acceptors (Lipinski definition) is 2. The zero-order chi connectivity index (χ0) is 10.0. The molecule has 1 heterocycles. The van der Waals surface area contributed by atoms with Crippen LogP contribution in [0.5, 0.6) is 0 Å². The Kier molecular flexibility index (Phi) is 2.98. The first-order valence-corrected chi connectivity index (χ1v) is 4.11. The Morgan fingerprint density at radius 2 is 2.08 bits per heavy atom. The van der Waals surface area contributed by atoms with Gasteiger partial charge in [-0.05, 0) is 12.0 Å². The molecule has 0 aliphatic heterocycles. The summed E-state index contributed by atoms with van der Waals surface area (Å²) in [4.78, 5) is 0. The number of alkyl halides is 2. The van der Waals surface area contributed by atoms with E-state index in [1.165, 1.54) is 12.3 Å². The Morgan fingerprint density at radius 3 is 2.54 bits per heavy atom. The molecule has 0 unspecified atom stereocenters. The molecule has 0 amide bonds. The van der Waals surface area contributed by atoms with E-state index in [9.17, 15) is 8.78 Å². The molecule has 1 rings (SSSR count). The molecule has 0 fully saturated rings. The third-order valence-electron chi connectivity index (χ3n) is 1.95. The summed E-state index contributed by atoms with van der Waals surface area (Å²) >= 11 is 0. The van der Waals surface area contributed by atoms with Gasteiger partial charge in [0.1, 0.15) is 0 Å². The number of rotatable bonds is 3. The van der Waals surface area contributed by atoms with Crippen molar-refractivity contribution < 1.29 is 8.78 Å². The molecule has 0 saturated heterocycles. The molecule has 0 aliphatic carbocycles. The van der Waals surface area contributed by atoms with E-state index in [0.29, 0.717) is 10.4 Å². The van der Waals surface area contributed by atoms with E-state index in [0.717, 1.165) is 0 Å². The van der Waals surface area contributed by atoms with E-state index < -0.39 is 12.6 Å². The van der Waals surface area contributed by atoms with Crippen molar-refractivity contribution >= 4 is 0 Å². The van der Waals surface area contributed by atoms with Crippen molar-refractivity contribution in [3.8, 4) is 0 Å². The Labute approximate surface area is 75.5 Å². The second-order valence-electron chi connectivity index (χ2n) is 3.25. The molecule has 13 heavy (non-hydrogen) atoms. The van der Waals surface area contributed by atoms with Crippen LogP contribution in [0.1, 0.15) is 32.1 Å². The molecule has 1 atom stereocenters. The predicted molar refractivity (Wildman–Crippen MR) is 45.2 cm³/mol. The lowest BCUT2D eigenvalue weighted by molar-refractivity contribution is 0.0514. The molecule has 0 radical (unpaired) electrons. The zero-order valence-electron chi connectivity index (χ0n) is 7.61. The highest BCUT2D eigenvalue weighted by Crippen LogP contribution is 2.22. The maximum absolute atomic E-state index is 12.3. The summed E-state index contributed by atoms with van der Waals surface area (Å²) in [5.74, 6) is 0.120. The SMILES string of the molecule is CC(C)[C@H](N)c1ccnn1C(F)F. The first-order valence-electron chi connectivity index (χ1n) is 4.11. The summed E-state index contributed by atoms with van der Waals surface area (Å²) in [5.41, 5.74) is 6.11. The van der Waals surface area contributed by atoms with Crippen molar-refractivity contribution in [2.24, 2.45) is 11.7 Å². The highest BCUT2D eigenvalue weighted by Gasteiger charge is 2.19. The lowest BCUT2D eigenvalue weighted by Gasteiger charge is -2.16. The predicted octanol–water partition coefficient (Wildman–Crippen LogP) is 1.93. The van der Waals surface area contributed by atoms with Gasteiger partial charge in [-0.2, -0.15) is 13.9 Å². The van der Waals surface area contributed by atoms with Crippen LogP contribution in [0, 0.1) is 5.92 Å². The molecule has 3 nitrogen and oxygen atoms in total. The van der Waals surface area contributed by atoms with Crippen LogP contribution >= 0.6 is 0 Å². The van der Waals surface area contributed by atoms with Gasteiger partial charge in [-0.25, -0.2) is 4.68 Å². The summed E-state index contributed by atoms with van der Waals surface area (Å²) < 4.78 is 25.3. The monoisotopic (exact) mass is 189 g/mol. The molecule has 0 bridgehead atoms. The van der Waals surface area contributed by atoms with Crippen LogP contribution in [-0.2, 0) is 0 Å². The molecule has 2 N–H and O–H groups in total. The van der Waals surface area contributed by atoms with Crippen molar-refractivity contribution in [2.45, 2.75) is 26.4 Å². The topological polar surface area (TPSA) is 43.8 Å². The van der Waals surface area contributed by atoms with Gasteiger partial charge in [0.25, 0.3) is 0 Å². The van der Waals surface area contributed by atoms with Crippen LogP contribution in [0.25, 0.3) is 0 Å². The van der Waals surface area contributed by atoms with Gasteiger partial charge in [-0.15, -0.1) is 0 Å². The van der Waals surface area contributed by atoms with Crippen LogP contribution in [0.4, 0.5) is 8.78 Å². The van der Waals surface area contributed by atoms with Crippen molar-refractivity contribution in [2.75, 3.05) is 0 Å². The summed E-state index contributed by atoms with van der Waals surface area (Å²) in [6, 6.07) is 1.13. The van der Waals surface area contributed by atoms with Gasteiger partial charge in [0, 0.05) is 12.2 Å². The largest absolute Gasteiger partial charge is 0.333 e. The fraction of sp³-hybridized carbons (Fsp3) is 0.625. The van der Waals surface area contributed by atoms with Gasteiger partial charge >= 0.3 is 6.55 Å².